The second-order valence-corrected chi connectivity index (χ2v) is 8.83. The van der Waals surface area contributed by atoms with Crippen LogP contribution in [0.3, 0.4) is 0 Å². The standard InChI is InChI=1S/C26H22FN3OS/c27-19-12-13-20-18(16-19)11-14-21-24(20)30-25(22-9-5-15-32-22)26(28-21)29-23(31)10-4-8-17-6-2-1-3-7-17/h1-3,5-7,9,12-13,15-16H,4,8,10-11,14H2,(H,28,29,31). The van der Waals surface area contributed by atoms with Crippen LogP contribution in [0.1, 0.15) is 29.7 Å². The molecule has 2 aromatic heterocycles. The van der Waals surface area contributed by atoms with E-state index in [2.05, 4.69) is 17.4 Å². The number of halogens is 1. The van der Waals surface area contributed by atoms with Gasteiger partial charge >= 0.3 is 0 Å². The summed E-state index contributed by atoms with van der Waals surface area (Å²) in [5.41, 5.74) is 5.36. The first-order chi connectivity index (χ1) is 15.7. The molecule has 1 aliphatic rings. The number of thiophene rings is 1. The summed E-state index contributed by atoms with van der Waals surface area (Å²) in [6.45, 7) is 0. The molecule has 32 heavy (non-hydrogen) atoms. The van der Waals surface area contributed by atoms with Gasteiger partial charge in [0.05, 0.1) is 16.3 Å². The molecule has 0 atom stereocenters. The van der Waals surface area contributed by atoms with Gasteiger partial charge in [0, 0.05) is 12.0 Å². The molecule has 0 bridgehead atoms. The maximum atomic E-state index is 13.7. The van der Waals surface area contributed by atoms with E-state index < -0.39 is 0 Å². The summed E-state index contributed by atoms with van der Waals surface area (Å²) in [6, 6.07) is 18.9. The van der Waals surface area contributed by atoms with Crippen LogP contribution in [0.2, 0.25) is 0 Å². The fourth-order valence-corrected chi connectivity index (χ4v) is 4.79. The van der Waals surface area contributed by atoms with Gasteiger partial charge in [-0.05, 0) is 66.5 Å². The smallest absolute Gasteiger partial charge is 0.225 e. The molecule has 0 saturated heterocycles. The third kappa shape index (κ3) is 4.32. The number of aromatic nitrogens is 2. The van der Waals surface area contributed by atoms with E-state index in [1.54, 1.807) is 23.5 Å². The van der Waals surface area contributed by atoms with Crippen molar-refractivity contribution in [3.8, 4) is 21.8 Å². The van der Waals surface area contributed by atoms with Crippen LogP contribution in [0.4, 0.5) is 10.2 Å². The number of aryl methyl sites for hydroxylation is 3. The number of rotatable bonds is 6. The highest BCUT2D eigenvalue weighted by molar-refractivity contribution is 7.13. The number of carbonyl (C=O) groups is 1. The zero-order chi connectivity index (χ0) is 21.9. The summed E-state index contributed by atoms with van der Waals surface area (Å²) in [6.07, 6.45) is 3.41. The Labute approximate surface area is 190 Å². The predicted octanol–water partition coefficient (Wildman–Crippen LogP) is 6.07. The van der Waals surface area contributed by atoms with Gasteiger partial charge in [0.25, 0.3) is 0 Å². The van der Waals surface area contributed by atoms with Crippen LogP contribution in [0.25, 0.3) is 21.8 Å². The molecular formula is C26H22FN3OS. The average molecular weight is 444 g/mol. The number of amides is 1. The fourth-order valence-electron chi connectivity index (χ4n) is 4.08. The molecule has 4 aromatic rings. The Morgan fingerprint density at radius 2 is 1.88 bits per heavy atom. The van der Waals surface area contributed by atoms with Crippen molar-refractivity contribution in [2.45, 2.75) is 32.1 Å². The second kappa shape index (κ2) is 9.01. The Kier molecular flexibility index (Phi) is 5.77. The normalized spacial score (nSPS) is 12.2. The number of anilines is 1. The number of benzene rings is 2. The lowest BCUT2D eigenvalue weighted by molar-refractivity contribution is -0.116. The highest BCUT2D eigenvalue weighted by Crippen LogP contribution is 2.37. The molecule has 0 radical (unpaired) electrons. The largest absolute Gasteiger partial charge is 0.309 e. The number of nitrogens with one attached hydrogen (secondary N) is 1. The van der Waals surface area contributed by atoms with Crippen molar-refractivity contribution in [3.05, 3.63) is 88.7 Å². The molecule has 6 heteroatoms. The monoisotopic (exact) mass is 443 g/mol. The van der Waals surface area contributed by atoms with Crippen LogP contribution in [-0.4, -0.2) is 15.9 Å². The maximum absolute atomic E-state index is 13.7. The van der Waals surface area contributed by atoms with E-state index in [-0.39, 0.29) is 11.7 Å². The van der Waals surface area contributed by atoms with Gasteiger partial charge in [0.15, 0.2) is 5.82 Å². The summed E-state index contributed by atoms with van der Waals surface area (Å²) in [7, 11) is 0. The van der Waals surface area contributed by atoms with E-state index in [0.29, 0.717) is 30.8 Å². The highest BCUT2D eigenvalue weighted by atomic mass is 32.1. The Bertz CT molecular complexity index is 1260. The van der Waals surface area contributed by atoms with Gasteiger partial charge in [-0.2, -0.15) is 0 Å². The van der Waals surface area contributed by atoms with Gasteiger partial charge < -0.3 is 5.32 Å². The minimum absolute atomic E-state index is 0.0636. The molecule has 2 aromatic carbocycles. The van der Waals surface area contributed by atoms with Crippen molar-refractivity contribution in [2.75, 3.05) is 5.32 Å². The third-order valence-corrected chi connectivity index (χ3v) is 6.52. The first-order valence-corrected chi connectivity index (χ1v) is 11.6. The summed E-state index contributed by atoms with van der Waals surface area (Å²) in [5, 5.41) is 4.98. The molecule has 1 amide bonds. The molecular weight excluding hydrogens is 421 g/mol. The topological polar surface area (TPSA) is 54.9 Å². The number of hydrogen-bond acceptors (Lipinski definition) is 4. The van der Waals surface area contributed by atoms with E-state index in [1.807, 2.05) is 35.7 Å². The van der Waals surface area contributed by atoms with E-state index in [0.717, 1.165) is 40.2 Å². The van der Waals surface area contributed by atoms with E-state index >= 15 is 0 Å². The Balaban J connectivity index is 1.41. The molecule has 0 spiro atoms. The molecule has 0 aliphatic heterocycles. The summed E-state index contributed by atoms with van der Waals surface area (Å²) in [5.74, 6) is 0.200. The van der Waals surface area contributed by atoms with Crippen molar-refractivity contribution in [1.29, 1.82) is 0 Å². The molecule has 0 fully saturated rings. The van der Waals surface area contributed by atoms with Crippen LogP contribution in [0, 0.1) is 5.82 Å². The van der Waals surface area contributed by atoms with Gasteiger partial charge in [0.2, 0.25) is 5.91 Å². The second-order valence-electron chi connectivity index (χ2n) is 7.88. The Morgan fingerprint density at radius 3 is 2.69 bits per heavy atom. The van der Waals surface area contributed by atoms with Gasteiger partial charge in [-0.3, -0.25) is 4.79 Å². The highest BCUT2D eigenvalue weighted by Gasteiger charge is 2.23. The lowest BCUT2D eigenvalue weighted by Gasteiger charge is -2.20. The lowest BCUT2D eigenvalue weighted by atomic mass is 9.91. The first kappa shape index (κ1) is 20.5. The molecule has 5 rings (SSSR count). The summed E-state index contributed by atoms with van der Waals surface area (Å²) >= 11 is 1.55. The molecule has 2 heterocycles. The lowest BCUT2D eigenvalue weighted by Crippen LogP contribution is -2.17. The fraction of sp³-hybridized carbons (Fsp3) is 0.192. The van der Waals surface area contributed by atoms with Gasteiger partial charge in [-0.15, -0.1) is 11.3 Å². The van der Waals surface area contributed by atoms with E-state index in [9.17, 15) is 9.18 Å². The van der Waals surface area contributed by atoms with Crippen molar-refractivity contribution in [1.82, 2.24) is 9.97 Å². The quantitative estimate of drug-likeness (QED) is 0.393. The Morgan fingerprint density at radius 1 is 1.00 bits per heavy atom. The summed E-state index contributed by atoms with van der Waals surface area (Å²) in [4.78, 5) is 23.4. The van der Waals surface area contributed by atoms with Crippen molar-refractivity contribution >= 4 is 23.1 Å². The summed E-state index contributed by atoms with van der Waals surface area (Å²) < 4.78 is 13.7. The van der Waals surface area contributed by atoms with Crippen LogP contribution in [-0.2, 0) is 24.1 Å². The van der Waals surface area contributed by atoms with Crippen LogP contribution >= 0.6 is 11.3 Å². The predicted molar refractivity (Wildman–Crippen MR) is 126 cm³/mol. The molecule has 1 N–H and O–H groups in total. The zero-order valence-electron chi connectivity index (χ0n) is 17.5. The van der Waals surface area contributed by atoms with E-state index in [1.165, 1.54) is 11.6 Å². The van der Waals surface area contributed by atoms with Crippen LogP contribution < -0.4 is 5.32 Å². The number of carbonyl (C=O) groups excluding carboxylic acids is 1. The molecule has 1 aliphatic carbocycles. The van der Waals surface area contributed by atoms with Crippen LogP contribution in [0.5, 0.6) is 0 Å². The maximum Gasteiger partial charge on any atom is 0.225 e. The zero-order valence-corrected chi connectivity index (χ0v) is 18.3. The van der Waals surface area contributed by atoms with E-state index in [4.69, 9.17) is 9.97 Å². The van der Waals surface area contributed by atoms with Crippen molar-refractivity contribution < 1.29 is 9.18 Å². The van der Waals surface area contributed by atoms with Gasteiger partial charge in [-0.1, -0.05) is 36.4 Å². The van der Waals surface area contributed by atoms with Crippen molar-refractivity contribution in [2.24, 2.45) is 0 Å². The van der Waals surface area contributed by atoms with Crippen LogP contribution in [0.15, 0.2) is 66.0 Å². The molecule has 160 valence electrons. The Hall–Kier alpha value is -3.38. The molecule has 0 unspecified atom stereocenters. The van der Waals surface area contributed by atoms with Gasteiger partial charge in [0.1, 0.15) is 11.5 Å². The number of fused-ring (bicyclic) bond motifs is 3. The third-order valence-electron chi connectivity index (χ3n) is 5.65. The minimum atomic E-state index is -0.238. The minimum Gasteiger partial charge on any atom is -0.309 e. The molecule has 4 nitrogen and oxygen atoms in total. The average Bonchev–Trinajstić information content (AvgIpc) is 3.34. The molecule has 0 saturated carbocycles. The first-order valence-electron chi connectivity index (χ1n) is 10.7. The van der Waals surface area contributed by atoms with Gasteiger partial charge in [-0.25, -0.2) is 14.4 Å². The van der Waals surface area contributed by atoms with Crippen molar-refractivity contribution in [3.63, 3.8) is 0 Å². The SMILES string of the molecule is O=C(CCCc1ccccc1)Nc1nc2c(nc1-c1cccs1)-c1ccc(F)cc1CC2. The number of hydrogen-bond donors (Lipinski definition) is 1. The number of nitrogens with zero attached hydrogens (tertiary/aromatic N) is 2.